The van der Waals surface area contributed by atoms with Crippen molar-refractivity contribution in [2.75, 3.05) is 11.9 Å². The second-order valence-electron chi connectivity index (χ2n) is 6.08. The van der Waals surface area contributed by atoms with Crippen molar-refractivity contribution in [2.45, 2.75) is 20.3 Å². The first-order valence-corrected chi connectivity index (χ1v) is 9.01. The molecule has 0 aliphatic rings. The fourth-order valence-electron chi connectivity index (χ4n) is 2.75. The number of rotatable bonds is 6. The van der Waals surface area contributed by atoms with E-state index in [1.807, 2.05) is 26.0 Å². The van der Waals surface area contributed by atoms with E-state index >= 15 is 0 Å². The summed E-state index contributed by atoms with van der Waals surface area (Å²) < 4.78 is 6.29. The van der Waals surface area contributed by atoms with Crippen LogP contribution in [0.3, 0.4) is 0 Å². The number of anilines is 1. The number of aryl methyl sites for hydroxylation is 1. The van der Waals surface area contributed by atoms with Crippen LogP contribution in [-0.2, 0) is 6.42 Å². The summed E-state index contributed by atoms with van der Waals surface area (Å²) in [4.78, 5) is 40.0. The molecule has 3 aromatic rings. The van der Waals surface area contributed by atoms with E-state index in [0.29, 0.717) is 23.7 Å². The number of H-pyrrole nitrogens is 1. The Morgan fingerprint density at radius 2 is 1.71 bits per heavy atom. The predicted octanol–water partition coefficient (Wildman–Crippen LogP) is 2.74. The highest BCUT2D eigenvalue weighted by Crippen LogP contribution is 2.14. The molecule has 0 fully saturated rings. The Morgan fingerprint density at radius 1 is 1.04 bits per heavy atom. The molecule has 0 saturated heterocycles. The van der Waals surface area contributed by atoms with Crippen molar-refractivity contribution < 1.29 is 9.53 Å². The van der Waals surface area contributed by atoms with Crippen molar-refractivity contribution >= 4 is 11.6 Å². The molecule has 0 unspecified atom stereocenters. The van der Waals surface area contributed by atoms with E-state index < -0.39 is 17.2 Å². The number of carbonyl (C=O) groups excluding carboxylic acids is 1. The van der Waals surface area contributed by atoms with Gasteiger partial charge in [-0.05, 0) is 55.3 Å². The van der Waals surface area contributed by atoms with E-state index in [1.165, 1.54) is 0 Å². The first-order chi connectivity index (χ1) is 13.5. The number of nitrogens with one attached hydrogen (secondary N) is 2. The Balaban J connectivity index is 1.92. The fourth-order valence-corrected chi connectivity index (χ4v) is 2.75. The number of ether oxygens (including phenoxy) is 1. The minimum Gasteiger partial charge on any atom is -0.494 e. The van der Waals surface area contributed by atoms with E-state index in [4.69, 9.17) is 4.74 Å². The third kappa shape index (κ3) is 4.03. The highest BCUT2D eigenvalue weighted by Gasteiger charge is 2.16. The molecule has 1 heterocycles. The number of hydrogen-bond acceptors (Lipinski definition) is 4. The molecule has 144 valence electrons. The van der Waals surface area contributed by atoms with Crippen molar-refractivity contribution in [3.8, 4) is 11.4 Å². The monoisotopic (exact) mass is 379 g/mol. The van der Waals surface area contributed by atoms with Gasteiger partial charge in [-0.25, -0.2) is 9.36 Å². The largest absolute Gasteiger partial charge is 0.494 e. The van der Waals surface area contributed by atoms with Crippen LogP contribution in [0.5, 0.6) is 5.75 Å². The molecular formula is C21H21N3O4. The maximum Gasteiger partial charge on any atom is 0.333 e. The molecule has 28 heavy (non-hydrogen) atoms. The molecule has 0 spiro atoms. The summed E-state index contributed by atoms with van der Waals surface area (Å²) >= 11 is 0. The molecule has 2 N–H and O–H groups in total. The Hall–Kier alpha value is -3.61. The standard InChI is InChI=1S/C21H21N3O4/c1-3-14-5-7-15(8-6-14)23-19(25)18-13-22-21(27)24(20(18)26)16-9-11-17(12-10-16)28-4-2/h5-13H,3-4H2,1-2H3,(H,22,27)(H,23,25). The van der Waals surface area contributed by atoms with Crippen molar-refractivity contribution in [3.05, 3.63) is 86.7 Å². The quantitative estimate of drug-likeness (QED) is 0.689. The van der Waals surface area contributed by atoms with Gasteiger partial charge in [0.2, 0.25) is 0 Å². The average Bonchev–Trinajstić information content (AvgIpc) is 2.70. The summed E-state index contributed by atoms with van der Waals surface area (Å²) in [6, 6.07) is 13.8. The molecule has 3 rings (SSSR count). The van der Waals surface area contributed by atoms with Gasteiger partial charge in [0.25, 0.3) is 11.5 Å². The van der Waals surface area contributed by atoms with E-state index in [1.54, 1.807) is 36.4 Å². The number of nitrogens with zero attached hydrogens (tertiary/aromatic N) is 1. The maximum atomic E-state index is 12.8. The smallest absolute Gasteiger partial charge is 0.333 e. The number of amides is 1. The van der Waals surface area contributed by atoms with Crippen LogP contribution in [0.25, 0.3) is 5.69 Å². The van der Waals surface area contributed by atoms with Crippen LogP contribution in [-0.4, -0.2) is 22.1 Å². The Morgan fingerprint density at radius 3 is 2.32 bits per heavy atom. The van der Waals surface area contributed by atoms with Crippen LogP contribution in [0.1, 0.15) is 29.8 Å². The number of hydrogen-bond donors (Lipinski definition) is 2. The second-order valence-corrected chi connectivity index (χ2v) is 6.08. The van der Waals surface area contributed by atoms with Crippen LogP contribution in [0.4, 0.5) is 5.69 Å². The zero-order valence-corrected chi connectivity index (χ0v) is 15.7. The Bertz CT molecular complexity index is 1080. The summed E-state index contributed by atoms with van der Waals surface area (Å²) in [6.07, 6.45) is 2.02. The van der Waals surface area contributed by atoms with Gasteiger partial charge < -0.3 is 15.0 Å². The van der Waals surface area contributed by atoms with Crippen LogP contribution >= 0.6 is 0 Å². The van der Waals surface area contributed by atoms with Crippen LogP contribution < -0.4 is 21.3 Å². The molecular weight excluding hydrogens is 358 g/mol. The van der Waals surface area contributed by atoms with E-state index in [-0.39, 0.29) is 5.56 Å². The van der Waals surface area contributed by atoms with E-state index in [2.05, 4.69) is 10.3 Å². The van der Waals surface area contributed by atoms with Crippen LogP contribution in [0.2, 0.25) is 0 Å². The number of aromatic nitrogens is 2. The van der Waals surface area contributed by atoms with Gasteiger partial charge in [-0.15, -0.1) is 0 Å². The highest BCUT2D eigenvalue weighted by molar-refractivity contribution is 6.03. The van der Waals surface area contributed by atoms with Gasteiger partial charge in [-0.2, -0.15) is 0 Å². The third-order valence-corrected chi connectivity index (χ3v) is 4.25. The lowest BCUT2D eigenvalue weighted by Crippen LogP contribution is -2.38. The highest BCUT2D eigenvalue weighted by atomic mass is 16.5. The van der Waals surface area contributed by atoms with Crippen molar-refractivity contribution in [1.29, 1.82) is 0 Å². The molecule has 0 aliphatic carbocycles. The minimum atomic E-state index is -0.699. The summed E-state index contributed by atoms with van der Waals surface area (Å²) in [5.41, 5.74) is 0.568. The van der Waals surface area contributed by atoms with Gasteiger partial charge >= 0.3 is 5.69 Å². The van der Waals surface area contributed by atoms with E-state index in [9.17, 15) is 14.4 Å². The molecule has 1 aromatic heterocycles. The number of carbonyl (C=O) groups is 1. The Labute approximate surface area is 161 Å². The number of benzene rings is 2. The third-order valence-electron chi connectivity index (χ3n) is 4.25. The molecule has 0 atom stereocenters. The zero-order valence-electron chi connectivity index (χ0n) is 15.7. The average molecular weight is 379 g/mol. The van der Waals surface area contributed by atoms with Crippen molar-refractivity contribution in [3.63, 3.8) is 0 Å². The molecule has 7 nitrogen and oxygen atoms in total. The normalized spacial score (nSPS) is 10.5. The first kappa shape index (κ1) is 19.2. The summed E-state index contributed by atoms with van der Waals surface area (Å²) in [7, 11) is 0. The van der Waals surface area contributed by atoms with Crippen molar-refractivity contribution in [2.24, 2.45) is 0 Å². The molecule has 0 radical (unpaired) electrons. The lowest BCUT2D eigenvalue weighted by molar-refractivity contribution is 0.102. The van der Waals surface area contributed by atoms with Gasteiger partial charge in [0, 0.05) is 11.9 Å². The molecule has 1 amide bonds. The lowest BCUT2D eigenvalue weighted by Gasteiger charge is -2.09. The zero-order chi connectivity index (χ0) is 20.1. The van der Waals surface area contributed by atoms with Crippen molar-refractivity contribution in [1.82, 2.24) is 9.55 Å². The maximum absolute atomic E-state index is 12.8. The first-order valence-electron chi connectivity index (χ1n) is 9.01. The molecule has 7 heteroatoms. The molecule has 0 aliphatic heterocycles. The molecule has 0 bridgehead atoms. The SMILES string of the molecule is CCOc1ccc(-n2c(=O)[nH]cc(C(=O)Nc3ccc(CC)cc3)c2=O)cc1. The predicted molar refractivity (Wildman–Crippen MR) is 108 cm³/mol. The van der Waals surface area contributed by atoms with E-state index in [0.717, 1.165) is 22.7 Å². The van der Waals surface area contributed by atoms with Gasteiger partial charge in [0.05, 0.1) is 12.3 Å². The van der Waals surface area contributed by atoms with Gasteiger partial charge in [0.15, 0.2) is 0 Å². The summed E-state index contributed by atoms with van der Waals surface area (Å²) in [6.45, 7) is 4.41. The van der Waals surface area contributed by atoms with Gasteiger partial charge in [-0.1, -0.05) is 19.1 Å². The minimum absolute atomic E-state index is 0.159. The van der Waals surface area contributed by atoms with Crippen LogP contribution in [0.15, 0.2) is 64.3 Å². The summed E-state index contributed by atoms with van der Waals surface area (Å²) in [5.74, 6) is 0.0327. The number of aromatic amines is 1. The lowest BCUT2D eigenvalue weighted by atomic mass is 10.1. The Kier molecular flexibility index (Phi) is 5.74. The van der Waals surface area contributed by atoms with Gasteiger partial charge in [-0.3, -0.25) is 9.59 Å². The second kappa shape index (κ2) is 8.39. The summed E-state index contributed by atoms with van der Waals surface area (Å²) in [5, 5.41) is 2.68. The molecule has 2 aromatic carbocycles. The topological polar surface area (TPSA) is 93.2 Å². The van der Waals surface area contributed by atoms with Gasteiger partial charge in [0.1, 0.15) is 11.3 Å². The fraction of sp³-hybridized carbons (Fsp3) is 0.190. The molecule has 0 saturated carbocycles. The van der Waals surface area contributed by atoms with Crippen LogP contribution in [0, 0.1) is 0 Å².